The van der Waals surface area contributed by atoms with E-state index in [1.165, 1.54) is 83.5 Å². The van der Waals surface area contributed by atoms with Crippen molar-refractivity contribution in [2.75, 3.05) is 47.5 Å². The lowest BCUT2D eigenvalue weighted by atomic mass is 10.0. The zero-order valence-electron chi connectivity index (χ0n) is 47.9. The highest BCUT2D eigenvalue weighted by molar-refractivity contribution is 5.70. The molecule has 0 saturated carbocycles. The molecule has 2 unspecified atom stereocenters. The summed E-state index contributed by atoms with van der Waals surface area (Å²) in [6.45, 7) is 4.58. The van der Waals surface area contributed by atoms with Gasteiger partial charge in [0.2, 0.25) is 0 Å². The van der Waals surface area contributed by atoms with Gasteiger partial charge in [-0.05, 0) is 103 Å². The highest BCUT2D eigenvalue weighted by atomic mass is 16.7. The number of likely N-dealkylation sites (N-methyl/N-ethyl adjacent to an activating group) is 1. The Bertz CT molecular complexity index is 1580. The standard InChI is InChI=1S/C65H109NO8/c1-6-8-10-12-14-16-18-20-21-22-23-24-25-26-27-28-29-30-31-32-33-34-35-36-37-38-39-40-41-42-43-44-46-48-50-52-54-56-63(68)74-61(60-73-65(64(69)70)71-58-57-66(3,4)5)59-72-62(67)55-53-51-49-47-45-19-17-15-13-11-9-7-2/h8,10,14-17,20-21,23-24,26-27,29-30,32-33,35-36,61,65H,6-7,9,11-13,18-19,22,25,28,31,34,37-60H2,1-5H3/b10-8-,16-14-,17-15-,21-20-,24-23-,27-26-,30-29-,33-32-,36-35-. The number of carboxylic acids is 1. The van der Waals surface area contributed by atoms with Gasteiger partial charge >= 0.3 is 11.9 Å². The number of aliphatic carboxylic acids is 1. The van der Waals surface area contributed by atoms with Crippen molar-refractivity contribution < 1.29 is 42.9 Å². The van der Waals surface area contributed by atoms with Crippen molar-refractivity contribution in [1.82, 2.24) is 0 Å². The van der Waals surface area contributed by atoms with Gasteiger partial charge in [-0.1, -0.05) is 220 Å². The number of ether oxygens (including phenoxy) is 4. The Morgan fingerprint density at radius 3 is 1.16 bits per heavy atom. The number of unbranched alkanes of at least 4 members (excludes halogenated alkanes) is 20. The molecule has 0 aromatic carbocycles. The molecule has 0 fully saturated rings. The summed E-state index contributed by atoms with van der Waals surface area (Å²) in [5.74, 6) is -2.30. The fourth-order valence-corrected chi connectivity index (χ4v) is 7.72. The number of nitrogens with zero attached hydrogens (tertiary/aromatic N) is 1. The highest BCUT2D eigenvalue weighted by Gasteiger charge is 2.22. The van der Waals surface area contributed by atoms with Gasteiger partial charge in [0, 0.05) is 12.8 Å². The molecule has 0 amide bonds. The maximum atomic E-state index is 12.8. The highest BCUT2D eigenvalue weighted by Crippen LogP contribution is 2.15. The minimum atomic E-state index is -1.63. The largest absolute Gasteiger partial charge is 0.545 e. The fourth-order valence-electron chi connectivity index (χ4n) is 7.72. The second-order valence-corrected chi connectivity index (χ2v) is 20.5. The maximum absolute atomic E-state index is 12.8. The minimum absolute atomic E-state index is 0.142. The molecular weight excluding hydrogens is 923 g/mol. The van der Waals surface area contributed by atoms with Crippen LogP contribution < -0.4 is 5.11 Å². The van der Waals surface area contributed by atoms with Gasteiger partial charge in [-0.2, -0.15) is 0 Å². The van der Waals surface area contributed by atoms with E-state index in [0.29, 0.717) is 17.4 Å². The summed E-state index contributed by atoms with van der Waals surface area (Å²) in [6.07, 6.45) is 72.9. The van der Waals surface area contributed by atoms with E-state index >= 15 is 0 Å². The Kier molecular flexibility index (Phi) is 52.2. The molecule has 0 aliphatic rings. The van der Waals surface area contributed by atoms with E-state index in [9.17, 15) is 19.5 Å². The van der Waals surface area contributed by atoms with Crippen LogP contribution in [-0.4, -0.2) is 82.3 Å². The first kappa shape index (κ1) is 70.0. The first-order chi connectivity index (χ1) is 36.1. The molecule has 422 valence electrons. The molecule has 9 nitrogen and oxygen atoms in total. The third-order valence-electron chi connectivity index (χ3n) is 12.3. The number of quaternary nitrogens is 1. The summed E-state index contributed by atoms with van der Waals surface area (Å²) >= 11 is 0. The quantitative estimate of drug-likeness (QED) is 0.0195. The summed E-state index contributed by atoms with van der Waals surface area (Å²) < 4.78 is 22.6. The molecular formula is C65H109NO8. The van der Waals surface area contributed by atoms with Crippen LogP contribution in [0.5, 0.6) is 0 Å². The van der Waals surface area contributed by atoms with Gasteiger partial charge in [-0.25, -0.2) is 0 Å². The summed E-state index contributed by atoms with van der Waals surface area (Å²) in [5, 5.41) is 11.7. The van der Waals surface area contributed by atoms with Crippen LogP contribution in [0.25, 0.3) is 0 Å². The first-order valence-corrected chi connectivity index (χ1v) is 29.5. The molecule has 0 bridgehead atoms. The Labute approximate surface area is 454 Å². The molecule has 0 aromatic rings. The van der Waals surface area contributed by atoms with Crippen LogP contribution in [0.4, 0.5) is 0 Å². The third-order valence-corrected chi connectivity index (χ3v) is 12.3. The number of rotatable bonds is 53. The fraction of sp³-hybridized carbons (Fsp3) is 0.677. The third kappa shape index (κ3) is 55.7. The summed E-state index contributed by atoms with van der Waals surface area (Å²) in [7, 11) is 5.91. The maximum Gasteiger partial charge on any atom is 0.306 e. The van der Waals surface area contributed by atoms with Crippen molar-refractivity contribution in [3.05, 3.63) is 109 Å². The molecule has 0 N–H and O–H groups in total. The number of esters is 2. The molecule has 0 aliphatic carbocycles. The van der Waals surface area contributed by atoms with E-state index in [1.807, 2.05) is 21.1 Å². The topological polar surface area (TPSA) is 111 Å². The number of allylic oxidation sites excluding steroid dienone is 18. The molecule has 0 saturated heterocycles. The van der Waals surface area contributed by atoms with E-state index in [1.54, 1.807) is 0 Å². The average Bonchev–Trinajstić information content (AvgIpc) is 3.37. The summed E-state index contributed by atoms with van der Waals surface area (Å²) in [5.41, 5.74) is 0. The number of carboxylic acid groups (broad SMARTS) is 1. The van der Waals surface area contributed by atoms with Crippen molar-refractivity contribution in [2.24, 2.45) is 0 Å². The van der Waals surface area contributed by atoms with Crippen LogP contribution in [0.1, 0.15) is 226 Å². The molecule has 9 heteroatoms. The summed E-state index contributed by atoms with van der Waals surface area (Å²) in [4.78, 5) is 37.2. The van der Waals surface area contributed by atoms with Crippen molar-refractivity contribution >= 4 is 17.9 Å². The smallest absolute Gasteiger partial charge is 0.306 e. The SMILES string of the molecule is CC/C=C\C/C=C\C/C=C\C/C=C\C/C=C\C/C=C\C/C=C\C/C=C\CCCCCCCCCCCCCCC(=O)OC(COC(=O)CCCCCCC/C=C\CCCCC)COC(OCC[N+](C)(C)C)C(=O)[O-]. The van der Waals surface area contributed by atoms with Gasteiger partial charge in [0.25, 0.3) is 0 Å². The zero-order valence-corrected chi connectivity index (χ0v) is 47.9. The molecule has 0 heterocycles. The van der Waals surface area contributed by atoms with Crippen molar-refractivity contribution in [3.8, 4) is 0 Å². The number of hydrogen-bond donors (Lipinski definition) is 0. The average molecular weight is 1030 g/mol. The zero-order chi connectivity index (χ0) is 54.1. The number of carbonyl (C=O) groups is 3. The van der Waals surface area contributed by atoms with Crippen LogP contribution >= 0.6 is 0 Å². The van der Waals surface area contributed by atoms with Crippen molar-refractivity contribution in [1.29, 1.82) is 0 Å². The second-order valence-electron chi connectivity index (χ2n) is 20.5. The second kappa shape index (κ2) is 55.2. The molecule has 74 heavy (non-hydrogen) atoms. The van der Waals surface area contributed by atoms with E-state index in [-0.39, 0.29) is 38.6 Å². The van der Waals surface area contributed by atoms with Crippen LogP contribution in [0.2, 0.25) is 0 Å². The minimum Gasteiger partial charge on any atom is -0.545 e. The van der Waals surface area contributed by atoms with E-state index in [0.717, 1.165) is 109 Å². The predicted octanol–water partition coefficient (Wildman–Crippen LogP) is 16.2. The van der Waals surface area contributed by atoms with Gasteiger partial charge in [0.15, 0.2) is 12.4 Å². The number of carbonyl (C=O) groups excluding carboxylic acids is 3. The molecule has 0 spiro atoms. The lowest BCUT2D eigenvalue weighted by molar-refractivity contribution is -0.870. The molecule has 0 aliphatic heterocycles. The molecule has 2 atom stereocenters. The Hall–Kier alpha value is -4.05. The van der Waals surface area contributed by atoms with Gasteiger partial charge < -0.3 is 33.3 Å². The Morgan fingerprint density at radius 1 is 0.419 bits per heavy atom. The molecule has 0 rings (SSSR count). The normalized spacial score (nSPS) is 13.6. The Balaban J connectivity index is 4.12. The van der Waals surface area contributed by atoms with Crippen molar-refractivity contribution in [2.45, 2.75) is 238 Å². The lowest BCUT2D eigenvalue weighted by Crippen LogP contribution is -2.44. The van der Waals surface area contributed by atoms with Crippen LogP contribution in [0.15, 0.2) is 109 Å². The van der Waals surface area contributed by atoms with Crippen LogP contribution in [-0.2, 0) is 33.3 Å². The number of hydrogen-bond acceptors (Lipinski definition) is 8. The van der Waals surface area contributed by atoms with Crippen LogP contribution in [0.3, 0.4) is 0 Å². The lowest BCUT2D eigenvalue weighted by Gasteiger charge is -2.26. The van der Waals surface area contributed by atoms with E-state index in [2.05, 4.69) is 123 Å². The predicted molar refractivity (Wildman–Crippen MR) is 310 cm³/mol. The van der Waals surface area contributed by atoms with Gasteiger partial charge in [0.1, 0.15) is 13.2 Å². The van der Waals surface area contributed by atoms with Gasteiger partial charge in [-0.3, -0.25) is 9.59 Å². The first-order valence-electron chi connectivity index (χ1n) is 29.5. The van der Waals surface area contributed by atoms with Gasteiger partial charge in [0.05, 0.1) is 40.3 Å². The van der Waals surface area contributed by atoms with Crippen LogP contribution in [0, 0.1) is 0 Å². The van der Waals surface area contributed by atoms with E-state index < -0.39 is 24.3 Å². The van der Waals surface area contributed by atoms with E-state index in [4.69, 9.17) is 18.9 Å². The van der Waals surface area contributed by atoms with Crippen molar-refractivity contribution in [3.63, 3.8) is 0 Å². The molecule has 0 radical (unpaired) electrons. The monoisotopic (exact) mass is 1030 g/mol. The van der Waals surface area contributed by atoms with Gasteiger partial charge in [-0.15, -0.1) is 0 Å². The molecule has 0 aromatic heterocycles. The summed E-state index contributed by atoms with van der Waals surface area (Å²) in [6, 6.07) is 0. The Morgan fingerprint density at radius 2 is 0.770 bits per heavy atom.